The number of ether oxygens (including phenoxy) is 1. The minimum absolute atomic E-state index is 0.115. The average Bonchev–Trinajstić information content (AvgIpc) is 2.98. The third kappa shape index (κ3) is 3.32. The predicted molar refractivity (Wildman–Crippen MR) is 118 cm³/mol. The molecule has 0 N–H and O–H groups in total. The van der Waals surface area contributed by atoms with E-state index >= 15 is 0 Å². The van der Waals surface area contributed by atoms with E-state index in [-0.39, 0.29) is 18.0 Å². The van der Waals surface area contributed by atoms with Gasteiger partial charge in [0.1, 0.15) is 12.1 Å². The molecule has 3 rings (SSSR count). The first-order valence-electron chi connectivity index (χ1n) is 10.3. The number of hydrogen-bond acceptors (Lipinski definition) is 3. The van der Waals surface area contributed by atoms with Crippen molar-refractivity contribution in [3.8, 4) is 0 Å². The van der Waals surface area contributed by atoms with Crippen LogP contribution in [0.15, 0.2) is 30.3 Å². The molecule has 1 aromatic rings. The number of carbonyl (C=O) groups is 2. The minimum Gasteiger partial charge on any atom is -0.447 e. The van der Waals surface area contributed by atoms with Crippen molar-refractivity contribution in [1.82, 2.24) is 9.80 Å². The van der Waals surface area contributed by atoms with Gasteiger partial charge in [-0.2, -0.15) is 0 Å². The van der Waals surface area contributed by atoms with Crippen LogP contribution in [-0.2, 0) is 9.53 Å². The topological polar surface area (TPSA) is 49.9 Å². The van der Waals surface area contributed by atoms with Crippen LogP contribution in [0.1, 0.15) is 24.9 Å². The van der Waals surface area contributed by atoms with Crippen LogP contribution in [0, 0.1) is 0 Å². The molecule has 2 heterocycles. The predicted octanol–water partition coefficient (Wildman–Crippen LogP) is 4.29. The molecule has 2 fully saturated rings. The Morgan fingerprint density at radius 1 is 1.07 bits per heavy atom. The Hall–Kier alpha value is -1.61. The van der Waals surface area contributed by atoms with E-state index in [1.807, 2.05) is 37.3 Å². The molecule has 1 aromatic carbocycles. The molecule has 0 unspecified atom stereocenters. The summed E-state index contributed by atoms with van der Waals surface area (Å²) in [5.41, 5.74) is 0.255. The number of likely N-dealkylation sites (tertiary alicyclic amines) is 1. The molecule has 2 aliphatic heterocycles. The molecule has 5 nitrogen and oxygen atoms in total. The highest BCUT2D eigenvalue weighted by atomic mass is 28.4. The van der Waals surface area contributed by atoms with Gasteiger partial charge in [-0.1, -0.05) is 76.5 Å². The molecule has 0 radical (unpaired) electrons. The Bertz CT molecular complexity index is 743. The van der Waals surface area contributed by atoms with E-state index < -0.39 is 21.7 Å². The van der Waals surface area contributed by atoms with Crippen molar-refractivity contribution in [3.05, 3.63) is 35.9 Å². The van der Waals surface area contributed by atoms with Crippen molar-refractivity contribution < 1.29 is 14.3 Å². The SMILES string of the molecule is CC[C@]1(N2C(=O)OC[C@@H]2c2ccccc2)CN(C([Si](C)(C)C)[Si](C)(C)C)C1=O. The summed E-state index contributed by atoms with van der Waals surface area (Å²) in [6, 6.07) is 9.72. The fourth-order valence-corrected chi connectivity index (χ4v) is 18.1. The highest BCUT2D eigenvalue weighted by Gasteiger charge is 2.64. The van der Waals surface area contributed by atoms with E-state index in [9.17, 15) is 9.59 Å². The summed E-state index contributed by atoms with van der Waals surface area (Å²) in [5.74, 6) is 0.115. The molecule has 0 saturated carbocycles. The van der Waals surface area contributed by atoms with Gasteiger partial charge in [-0.15, -0.1) is 0 Å². The van der Waals surface area contributed by atoms with Gasteiger partial charge < -0.3 is 9.64 Å². The molecule has 2 atom stereocenters. The first kappa shape index (κ1) is 21.1. The minimum atomic E-state index is -1.58. The molecule has 0 bridgehead atoms. The fourth-order valence-electron chi connectivity index (χ4n) is 5.47. The quantitative estimate of drug-likeness (QED) is 0.511. The number of hydrogen-bond donors (Lipinski definition) is 0. The lowest BCUT2D eigenvalue weighted by atomic mass is 9.82. The highest BCUT2D eigenvalue weighted by Crippen LogP contribution is 2.44. The zero-order chi connectivity index (χ0) is 20.9. The summed E-state index contributed by atoms with van der Waals surface area (Å²) in [5, 5.41) is 0.362. The van der Waals surface area contributed by atoms with Crippen LogP contribution in [0.2, 0.25) is 39.3 Å². The van der Waals surface area contributed by atoms with E-state index in [4.69, 9.17) is 4.74 Å². The van der Waals surface area contributed by atoms with Gasteiger partial charge in [0.25, 0.3) is 0 Å². The van der Waals surface area contributed by atoms with Crippen LogP contribution in [0.25, 0.3) is 0 Å². The highest BCUT2D eigenvalue weighted by molar-refractivity contribution is 6.96. The van der Waals surface area contributed by atoms with Crippen LogP contribution in [0.3, 0.4) is 0 Å². The normalized spacial score (nSPS) is 25.9. The largest absolute Gasteiger partial charge is 0.447 e. The van der Waals surface area contributed by atoms with E-state index in [1.54, 1.807) is 4.90 Å². The van der Waals surface area contributed by atoms with Gasteiger partial charge >= 0.3 is 6.09 Å². The molecule has 0 spiro atoms. The Labute approximate surface area is 171 Å². The number of carbonyl (C=O) groups excluding carboxylic acids is 2. The third-order valence-corrected chi connectivity index (χ3v) is 15.2. The van der Waals surface area contributed by atoms with E-state index in [1.165, 1.54) is 0 Å². The second-order valence-electron chi connectivity index (χ2n) is 10.3. The van der Waals surface area contributed by atoms with Crippen LogP contribution in [-0.4, -0.2) is 61.9 Å². The molecular weight excluding hydrogens is 384 g/mol. The lowest BCUT2D eigenvalue weighted by Gasteiger charge is -2.60. The first-order chi connectivity index (χ1) is 12.9. The van der Waals surface area contributed by atoms with Crippen molar-refractivity contribution in [2.45, 2.75) is 69.5 Å². The van der Waals surface area contributed by atoms with E-state index in [2.05, 4.69) is 44.2 Å². The summed E-state index contributed by atoms with van der Waals surface area (Å²) in [4.78, 5) is 30.3. The Kier molecular flexibility index (Phi) is 5.29. The molecule has 154 valence electrons. The molecule has 28 heavy (non-hydrogen) atoms. The molecule has 2 saturated heterocycles. The molecular formula is C21H34N2O3Si2. The Morgan fingerprint density at radius 2 is 1.64 bits per heavy atom. The Balaban J connectivity index is 1.95. The van der Waals surface area contributed by atoms with Crippen molar-refractivity contribution in [2.75, 3.05) is 13.2 Å². The second-order valence-corrected chi connectivity index (χ2v) is 21.5. The van der Waals surface area contributed by atoms with Crippen molar-refractivity contribution in [3.63, 3.8) is 0 Å². The summed E-state index contributed by atoms with van der Waals surface area (Å²) in [6.45, 7) is 17.1. The van der Waals surface area contributed by atoms with Gasteiger partial charge in [-0.3, -0.25) is 9.69 Å². The van der Waals surface area contributed by atoms with Gasteiger partial charge in [0, 0.05) is 5.29 Å². The van der Waals surface area contributed by atoms with Crippen molar-refractivity contribution in [2.24, 2.45) is 0 Å². The van der Waals surface area contributed by atoms with Crippen LogP contribution in [0.4, 0.5) is 4.79 Å². The molecule has 0 aliphatic carbocycles. The zero-order valence-electron chi connectivity index (χ0n) is 18.3. The summed E-state index contributed by atoms with van der Waals surface area (Å²) >= 11 is 0. The summed E-state index contributed by atoms with van der Waals surface area (Å²) in [6.07, 6.45) is 0.256. The van der Waals surface area contributed by atoms with Gasteiger partial charge in [0.15, 0.2) is 0 Å². The number of nitrogens with zero attached hydrogens (tertiary/aromatic N) is 2. The maximum absolute atomic E-state index is 13.7. The summed E-state index contributed by atoms with van der Waals surface area (Å²) in [7, 11) is -3.15. The fraction of sp³-hybridized carbons (Fsp3) is 0.619. The van der Waals surface area contributed by atoms with Gasteiger partial charge in [0.05, 0.1) is 28.7 Å². The number of rotatable bonds is 6. The lowest BCUT2D eigenvalue weighted by molar-refractivity contribution is -0.163. The Morgan fingerprint density at radius 3 is 2.11 bits per heavy atom. The van der Waals surface area contributed by atoms with Gasteiger partial charge in [-0.25, -0.2) is 4.79 Å². The van der Waals surface area contributed by atoms with Crippen molar-refractivity contribution in [1.29, 1.82) is 0 Å². The smallest absolute Gasteiger partial charge is 0.411 e. The molecule has 0 aromatic heterocycles. The number of cyclic esters (lactones) is 1. The van der Waals surface area contributed by atoms with Gasteiger partial charge in [0.2, 0.25) is 5.91 Å². The first-order valence-corrected chi connectivity index (χ1v) is 17.4. The maximum atomic E-state index is 13.7. The monoisotopic (exact) mass is 418 g/mol. The van der Waals surface area contributed by atoms with Gasteiger partial charge in [-0.05, 0) is 12.0 Å². The standard InChI is InChI=1S/C21H34N2O3Si2/c1-8-21(15-22(18(21)24)20(27(2,3)4)28(5,6)7)23-17(14-26-19(23)25)16-12-10-9-11-13-16/h9-13,17,20H,8,14-15H2,1-7H3/t17-,21+/m1/s1. The van der Waals surface area contributed by atoms with Crippen LogP contribution >= 0.6 is 0 Å². The number of benzene rings is 1. The number of β-lactam (4-membered cyclic amide) rings is 1. The molecule has 2 aliphatic rings. The van der Waals surface area contributed by atoms with Crippen molar-refractivity contribution >= 4 is 28.1 Å². The number of amides is 2. The second kappa shape index (κ2) is 7.02. The maximum Gasteiger partial charge on any atom is 0.411 e. The zero-order valence-corrected chi connectivity index (χ0v) is 20.3. The summed E-state index contributed by atoms with van der Waals surface area (Å²) < 4.78 is 5.43. The molecule has 2 amide bonds. The molecule has 7 heteroatoms. The third-order valence-electron chi connectivity index (χ3n) is 6.15. The lowest BCUT2D eigenvalue weighted by Crippen LogP contribution is -2.81. The average molecular weight is 419 g/mol. The van der Waals surface area contributed by atoms with E-state index in [0.717, 1.165) is 5.56 Å². The van der Waals surface area contributed by atoms with E-state index in [0.29, 0.717) is 24.9 Å². The van der Waals surface area contributed by atoms with Crippen LogP contribution in [0.5, 0.6) is 0 Å². The van der Waals surface area contributed by atoms with Crippen LogP contribution < -0.4 is 0 Å².